The maximum atomic E-state index is 11.7. The third kappa shape index (κ3) is 2.82. The Morgan fingerprint density at radius 2 is 2.05 bits per heavy atom. The predicted octanol–water partition coefficient (Wildman–Crippen LogP) is 3.55. The first-order valence-electron chi connectivity index (χ1n) is 6.49. The molecule has 0 amide bonds. The fourth-order valence-electron chi connectivity index (χ4n) is 2.15. The number of halogens is 1. The van der Waals surface area contributed by atoms with Gasteiger partial charge in [0.25, 0.3) is 0 Å². The van der Waals surface area contributed by atoms with E-state index in [1.807, 2.05) is 35.0 Å². The Hall–Kier alpha value is -1.61. The zero-order valence-electron chi connectivity index (χ0n) is 12.0. The molecular formula is C15H13IN2O3S. The molecular weight excluding hydrogens is 415 g/mol. The fourth-order valence-corrected chi connectivity index (χ4v) is 3.97. The molecule has 0 bridgehead atoms. The summed E-state index contributed by atoms with van der Waals surface area (Å²) in [7, 11) is 3.04. The van der Waals surface area contributed by atoms with Gasteiger partial charge in [0.15, 0.2) is 0 Å². The first-order valence-corrected chi connectivity index (χ1v) is 8.39. The fraction of sp³-hybridized carbons (Fsp3) is 0.200. The number of nitrogens with zero attached hydrogens (tertiary/aromatic N) is 2. The van der Waals surface area contributed by atoms with Gasteiger partial charge in [-0.1, -0.05) is 12.1 Å². The van der Waals surface area contributed by atoms with Crippen LogP contribution in [-0.4, -0.2) is 30.0 Å². The van der Waals surface area contributed by atoms with E-state index in [1.165, 1.54) is 18.4 Å². The van der Waals surface area contributed by atoms with Crippen LogP contribution >= 0.6 is 33.9 Å². The van der Waals surface area contributed by atoms with E-state index in [4.69, 9.17) is 9.47 Å². The van der Waals surface area contributed by atoms with E-state index in [1.54, 1.807) is 7.11 Å². The first kappa shape index (κ1) is 15.3. The van der Waals surface area contributed by atoms with Crippen molar-refractivity contribution in [3.63, 3.8) is 0 Å². The summed E-state index contributed by atoms with van der Waals surface area (Å²) in [6, 6.07) is 9.70. The van der Waals surface area contributed by atoms with E-state index in [9.17, 15) is 4.79 Å². The van der Waals surface area contributed by atoms with Crippen LogP contribution in [0.1, 0.15) is 15.2 Å². The second-order valence-electron chi connectivity index (χ2n) is 4.61. The van der Waals surface area contributed by atoms with Crippen molar-refractivity contribution in [1.82, 2.24) is 9.78 Å². The molecule has 1 aromatic carbocycles. The number of fused-ring (bicyclic) bond motifs is 1. The smallest absolute Gasteiger partial charge is 0.348 e. The van der Waals surface area contributed by atoms with Crippen LogP contribution in [0.5, 0.6) is 5.75 Å². The number of carbonyl (C=O) groups excluding carboxylic acids is 1. The number of hydrogen-bond acceptors (Lipinski definition) is 5. The highest BCUT2D eigenvalue weighted by molar-refractivity contribution is 14.1. The van der Waals surface area contributed by atoms with Crippen molar-refractivity contribution in [2.75, 3.05) is 14.2 Å². The molecule has 3 aromatic rings. The number of esters is 1. The highest BCUT2D eigenvalue weighted by atomic mass is 127. The van der Waals surface area contributed by atoms with Gasteiger partial charge in [0.2, 0.25) is 0 Å². The predicted molar refractivity (Wildman–Crippen MR) is 93.8 cm³/mol. The summed E-state index contributed by atoms with van der Waals surface area (Å²) in [4.78, 5) is 12.3. The zero-order valence-corrected chi connectivity index (χ0v) is 15.0. The quantitative estimate of drug-likeness (QED) is 0.471. The minimum Gasteiger partial charge on any atom is -0.497 e. The van der Waals surface area contributed by atoms with E-state index in [2.05, 4.69) is 27.7 Å². The third-order valence-electron chi connectivity index (χ3n) is 3.26. The number of ether oxygens (including phenoxy) is 2. The van der Waals surface area contributed by atoms with Gasteiger partial charge in [0, 0.05) is 0 Å². The highest BCUT2D eigenvalue weighted by Gasteiger charge is 2.17. The van der Waals surface area contributed by atoms with Gasteiger partial charge in [0.05, 0.1) is 31.0 Å². The van der Waals surface area contributed by atoms with Crippen LogP contribution in [-0.2, 0) is 11.3 Å². The standard InChI is InChI=1S/C15H13IN2O3S/c1-20-10-5-3-9(4-6-10)8-18-11-7-12(15(19)21-2)22-13(11)14(16)17-18/h3-7H,8H2,1-2H3. The summed E-state index contributed by atoms with van der Waals surface area (Å²) in [5.41, 5.74) is 2.07. The lowest BCUT2D eigenvalue weighted by Gasteiger charge is -2.04. The number of methoxy groups -OCH3 is 2. The molecule has 0 N–H and O–H groups in total. The normalized spacial score (nSPS) is 10.9. The minimum atomic E-state index is -0.312. The van der Waals surface area contributed by atoms with Gasteiger partial charge in [-0.2, -0.15) is 5.10 Å². The molecule has 0 aliphatic heterocycles. The number of benzene rings is 1. The summed E-state index contributed by atoms with van der Waals surface area (Å²) in [6.45, 7) is 0.640. The molecule has 0 unspecified atom stereocenters. The van der Waals surface area contributed by atoms with Gasteiger partial charge >= 0.3 is 5.97 Å². The number of hydrogen-bond donors (Lipinski definition) is 0. The Bertz CT molecular complexity index is 823. The Morgan fingerprint density at radius 1 is 1.32 bits per heavy atom. The molecule has 0 aliphatic rings. The van der Waals surface area contributed by atoms with E-state index < -0.39 is 0 Å². The Kier molecular flexibility index (Phi) is 4.34. The molecule has 0 radical (unpaired) electrons. The van der Waals surface area contributed by atoms with Crippen molar-refractivity contribution in [1.29, 1.82) is 0 Å². The molecule has 22 heavy (non-hydrogen) atoms. The summed E-state index contributed by atoms with van der Waals surface area (Å²) in [5.74, 6) is 0.514. The molecule has 7 heteroatoms. The van der Waals surface area contributed by atoms with Crippen LogP contribution in [0.4, 0.5) is 0 Å². The van der Waals surface area contributed by atoms with Gasteiger partial charge in [-0.05, 0) is 46.4 Å². The minimum absolute atomic E-state index is 0.312. The molecule has 0 aliphatic carbocycles. The molecule has 0 atom stereocenters. The van der Waals surface area contributed by atoms with Crippen LogP contribution in [0.3, 0.4) is 0 Å². The topological polar surface area (TPSA) is 53.3 Å². The van der Waals surface area contributed by atoms with Crippen molar-refractivity contribution in [3.8, 4) is 5.75 Å². The van der Waals surface area contributed by atoms with E-state index in [-0.39, 0.29) is 5.97 Å². The molecule has 2 aromatic heterocycles. The Morgan fingerprint density at radius 3 is 2.68 bits per heavy atom. The van der Waals surface area contributed by atoms with Crippen molar-refractivity contribution < 1.29 is 14.3 Å². The Balaban J connectivity index is 1.95. The van der Waals surface area contributed by atoms with Gasteiger partial charge in [-0.15, -0.1) is 11.3 Å². The first-order chi connectivity index (χ1) is 10.6. The van der Waals surface area contributed by atoms with Gasteiger partial charge in [0.1, 0.15) is 14.3 Å². The van der Waals surface area contributed by atoms with Crippen molar-refractivity contribution in [2.45, 2.75) is 6.54 Å². The molecule has 5 nitrogen and oxygen atoms in total. The lowest BCUT2D eigenvalue weighted by Crippen LogP contribution is -2.02. The van der Waals surface area contributed by atoms with Crippen molar-refractivity contribution in [2.24, 2.45) is 0 Å². The SMILES string of the molecule is COC(=O)c1cc2c(s1)c(I)nn2Cc1ccc(OC)cc1. The van der Waals surface area contributed by atoms with E-state index in [0.29, 0.717) is 11.4 Å². The summed E-state index contributed by atoms with van der Waals surface area (Å²) >= 11 is 3.60. The van der Waals surface area contributed by atoms with E-state index in [0.717, 1.165) is 25.2 Å². The zero-order chi connectivity index (χ0) is 15.7. The van der Waals surface area contributed by atoms with Gasteiger partial charge in [-0.3, -0.25) is 4.68 Å². The third-order valence-corrected chi connectivity index (χ3v) is 5.50. The second-order valence-corrected chi connectivity index (χ2v) is 6.69. The van der Waals surface area contributed by atoms with Crippen LogP contribution in [0.2, 0.25) is 0 Å². The lowest BCUT2D eigenvalue weighted by atomic mass is 10.2. The second kappa shape index (κ2) is 6.25. The van der Waals surface area contributed by atoms with Crippen LogP contribution in [0.15, 0.2) is 30.3 Å². The molecule has 114 valence electrons. The van der Waals surface area contributed by atoms with Crippen LogP contribution in [0, 0.1) is 3.70 Å². The molecule has 0 saturated heterocycles. The summed E-state index contributed by atoms with van der Waals surface area (Å²) in [6.07, 6.45) is 0. The maximum absolute atomic E-state index is 11.7. The maximum Gasteiger partial charge on any atom is 0.348 e. The highest BCUT2D eigenvalue weighted by Crippen LogP contribution is 2.30. The van der Waals surface area contributed by atoms with Crippen molar-refractivity contribution >= 4 is 50.1 Å². The number of rotatable bonds is 4. The molecule has 2 heterocycles. The largest absolute Gasteiger partial charge is 0.497 e. The molecule has 0 saturated carbocycles. The molecule has 3 rings (SSSR count). The number of thiophene rings is 1. The summed E-state index contributed by atoms with van der Waals surface area (Å²) in [5, 5.41) is 4.54. The van der Waals surface area contributed by atoms with Crippen molar-refractivity contribution in [3.05, 3.63) is 44.5 Å². The monoisotopic (exact) mass is 428 g/mol. The van der Waals surface area contributed by atoms with Gasteiger partial charge < -0.3 is 9.47 Å². The van der Waals surface area contributed by atoms with Crippen LogP contribution < -0.4 is 4.74 Å². The van der Waals surface area contributed by atoms with Gasteiger partial charge in [-0.25, -0.2) is 4.79 Å². The molecule has 0 spiro atoms. The lowest BCUT2D eigenvalue weighted by molar-refractivity contribution is 0.0606. The number of aromatic nitrogens is 2. The van der Waals surface area contributed by atoms with Crippen LogP contribution in [0.25, 0.3) is 10.2 Å². The van der Waals surface area contributed by atoms with E-state index >= 15 is 0 Å². The number of carbonyl (C=O) groups is 1. The summed E-state index contributed by atoms with van der Waals surface area (Å²) < 4.78 is 13.8. The average Bonchev–Trinajstić information content (AvgIpc) is 3.09. The molecule has 0 fully saturated rings. The Labute approximate surface area is 145 Å². The average molecular weight is 428 g/mol.